The van der Waals surface area contributed by atoms with Gasteiger partial charge in [0.15, 0.2) is 11.6 Å². The van der Waals surface area contributed by atoms with Crippen LogP contribution >= 0.6 is 11.9 Å². The third-order valence-electron chi connectivity index (χ3n) is 8.23. The molecule has 1 aliphatic rings. The molecule has 3 N–H and O–H groups in total. The van der Waals surface area contributed by atoms with Crippen molar-refractivity contribution in [1.82, 2.24) is 15.2 Å². The number of aryl methyl sites for hydroxylation is 1. The predicted octanol–water partition coefficient (Wildman–Crippen LogP) is 8.98. The van der Waals surface area contributed by atoms with Gasteiger partial charge in [-0.2, -0.15) is 0 Å². The summed E-state index contributed by atoms with van der Waals surface area (Å²) in [6.07, 6.45) is 8.61. The smallest absolute Gasteiger partial charge is 0.323 e. The third-order valence-corrected chi connectivity index (χ3v) is 9.35. The third kappa shape index (κ3) is 9.49. The molecule has 1 saturated carbocycles. The molecular weight excluding hydrogens is 566 g/mol. The van der Waals surface area contributed by atoms with Gasteiger partial charge in [0.25, 0.3) is 0 Å². The molecule has 1 heterocycles. The summed E-state index contributed by atoms with van der Waals surface area (Å²) in [5.74, 6) is 1.87. The van der Waals surface area contributed by atoms with E-state index < -0.39 is 0 Å². The molecule has 4 rings (SSSR count). The molecule has 0 spiro atoms. The van der Waals surface area contributed by atoms with Crippen LogP contribution in [0.2, 0.25) is 0 Å². The van der Waals surface area contributed by atoms with Gasteiger partial charge in [0, 0.05) is 30.3 Å². The average molecular weight is 616 g/mol. The maximum absolute atomic E-state index is 12.9. The first kappa shape index (κ1) is 33.4. The number of nitrogens with one attached hydrogen (secondary N) is 3. The van der Waals surface area contributed by atoms with E-state index in [1.807, 2.05) is 19.1 Å². The van der Waals surface area contributed by atoms with Gasteiger partial charge >= 0.3 is 6.03 Å². The van der Waals surface area contributed by atoms with E-state index in [-0.39, 0.29) is 11.4 Å². The van der Waals surface area contributed by atoms with Crippen molar-refractivity contribution in [2.24, 2.45) is 0 Å². The van der Waals surface area contributed by atoms with Crippen molar-refractivity contribution in [2.75, 3.05) is 18.4 Å². The highest BCUT2D eigenvalue weighted by Gasteiger charge is 2.18. The number of ether oxygens (including phenoxy) is 1. The fourth-order valence-corrected chi connectivity index (χ4v) is 6.45. The molecule has 2 aromatic carbocycles. The second-order valence-electron chi connectivity index (χ2n) is 12.6. The molecule has 0 atom stereocenters. The van der Waals surface area contributed by atoms with Crippen LogP contribution in [0, 0.1) is 5.41 Å². The summed E-state index contributed by atoms with van der Waals surface area (Å²) in [5, 5.41) is 12.2. The lowest BCUT2D eigenvalue weighted by molar-refractivity contribution is 0.221. The number of benzene rings is 2. The van der Waals surface area contributed by atoms with E-state index in [2.05, 4.69) is 79.3 Å². The molecule has 1 aliphatic carbocycles. The second kappa shape index (κ2) is 16.0. The lowest BCUT2D eigenvalue weighted by Gasteiger charge is -2.22. The van der Waals surface area contributed by atoms with Gasteiger partial charge in [-0.25, -0.2) is 9.78 Å². The van der Waals surface area contributed by atoms with Crippen molar-refractivity contribution >= 4 is 29.6 Å². The van der Waals surface area contributed by atoms with Crippen LogP contribution in [0.15, 0.2) is 60.7 Å². The highest BCUT2D eigenvalue weighted by molar-refractivity contribution is 8.01. The van der Waals surface area contributed by atoms with Gasteiger partial charge < -0.3 is 14.8 Å². The Morgan fingerprint density at radius 1 is 1.00 bits per heavy atom. The Morgan fingerprint density at radius 3 is 2.32 bits per heavy atom. The molecule has 8 heteroatoms. The van der Waals surface area contributed by atoms with Crippen molar-refractivity contribution < 1.29 is 9.53 Å². The Bertz CT molecular complexity index is 1360. The zero-order chi connectivity index (χ0) is 31.5. The summed E-state index contributed by atoms with van der Waals surface area (Å²) in [4.78, 5) is 19.3. The molecule has 3 aromatic rings. The quantitative estimate of drug-likeness (QED) is 0.107. The van der Waals surface area contributed by atoms with E-state index in [1.165, 1.54) is 48.1 Å². The Hall–Kier alpha value is -3.52. The number of amidine groups is 1. The maximum atomic E-state index is 12.9. The number of methoxy groups -OCH3 is 1. The summed E-state index contributed by atoms with van der Waals surface area (Å²) in [5.41, 5.74) is 5.57. The summed E-state index contributed by atoms with van der Waals surface area (Å²) in [6.45, 7) is 9.39. The van der Waals surface area contributed by atoms with Gasteiger partial charge in [0.05, 0.1) is 12.8 Å². The molecule has 7 nitrogen and oxygen atoms in total. The minimum Gasteiger partial charge on any atom is -0.493 e. The molecule has 0 radical (unpaired) electrons. The molecule has 0 saturated heterocycles. The first-order chi connectivity index (χ1) is 21.2. The summed E-state index contributed by atoms with van der Waals surface area (Å²) in [6, 6.07) is 20.6. The minimum absolute atomic E-state index is 0.0974. The van der Waals surface area contributed by atoms with Crippen LogP contribution in [-0.4, -0.2) is 40.7 Å². The van der Waals surface area contributed by atoms with Crippen molar-refractivity contribution in [3.8, 4) is 17.0 Å². The van der Waals surface area contributed by atoms with Crippen molar-refractivity contribution in [1.29, 1.82) is 5.41 Å². The number of hydrogen-bond acceptors (Lipinski definition) is 6. The Balaban J connectivity index is 1.25. The molecule has 0 aliphatic heterocycles. The van der Waals surface area contributed by atoms with Gasteiger partial charge in [-0.3, -0.25) is 10.3 Å². The van der Waals surface area contributed by atoms with Gasteiger partial charge in [-0.15, -0.1) is 0 Å². The standard InChI is InChI=1S/C36H49N5O2S/c1-6-41(35(42)38-25-27-17-21-29(22-18-27)36(2,3)4)33(37)14-10-11-26-15-19-28(20-16-26)31-23-24-32(43-5)34(39-31)40-44-30-12-8-7-9-13-30/h15-24,30,37H,6-14,25H2,1-5H3,(H,38,42)(H,39,40). The van der Waals surface area contributed by atoms with Crippen LogP contribution in [0.3, 0.4) is 0 Å². The molecule has 0 bridgehead atoms. The highest BCUT2D eigenvalue weighted by Crippen LogP contribution is 2.33. The number of rotatable bonds is 12. The summed E-state index contributed by atoms with van der Waals surface area (Å²) < 4.78 is 9.03. The zero-order valence-electron chi connectivity index (χ0n) is 27.0. The number of nitrogens with zero attached hydrogens (tertiary/aromatic N) is 2. The average Bonchev–Trinajstić information content (AvgIpc) is 3.03. The van der Waals surface area contributed by atoms with E-state index in [0.717, 1.165) is 41.2 Å². The topological polar surface area (TPSA) is 90.3 Å². The largest absolute Gasteiger partial charge is 0.493 e. The molecule has 0 unspecified atom stereocenters. The van der Waals surface area contributed by atoms with E-state index in [1.54, 1.807) is 19.1 Å². The van der Waals surface area contributed by atoms with Crippen LogP contribution in [0.4, 0.5) is 10.6 Å². The SMILES string of the molecule is CCN(C(=N)CCCc1ccc(-c2ccc(OC)c(NSC3CCCCC3)n2)cc1)C(=O)NCc1ccc(C(C)(C)C)cc1. The van der Waals surface area contributed by atoms with Crippen LogP contribution < -0.4 is 14.8 Å². The fourth-order valence-electron chi connectivity index (χ4n) is 5.46. The van der Waals surface area contributed by atoms with Gasteiger partial charge in [-0.1, -0.05) is 88.6 Å². The first-order valence-electron chi connectivity index (χ1n) is 16.0. The van der Waals surface area contributed by atoms with E-state index in [4.69, 9.17) is 15.1 Å². The Morgan fingerprint density at radius 2 is 1.68 bits per heavy atom. The van der Waals surface area contributed by atoms with Crippen molar-refractivity contribution in [3.05, 3.63) is 77.4 Å². The lowest BCUT2D eigenvalue weighted by atomic mass is 9.87. The predicted molar refractivity (Wildman–Crippen MR) is 185 cm³/mol. The summed E-state index contributed by atoms with van der Waals surface area (Å²) >= 11 is 1.77. The number of carbonyl (C=O) groups is 1. The zero-order valence-corrected chi connectivity index (χ0v) is 27.9. The van der Waals surface area contributed by atoms with Crippen molar-refractivity contribution in [2.45, 2.75) is 96.3 Å². The molecule has 1 aromatic heterocycles. The van der Waals surface area contributed by atoms with E-state index in [0.29, 0.717) is 30.6 Å². The monoisotopic (exact) mass is 615 g/mol. The van der Waals surface area contributed by atoms with Crippen LogP contribution in [0.5, 0.6) is 5.75 Å². The molecular formula is C36H49N5O2S. The lowest BCUT2D eigenvalue weighted by Crippen LogP contribution is -2.43. The number of hydrogen-bond donors (Lipinski definition) is 3. The maximum Gasteiger partial charge on any atom is 0.323 e. The fraction of sp³-hybridized carbons (Fsp3) is 0.472. The van der Waals surface area contributed by atoms with Crippen LogP contribution in [-0.2, 0) is 18.4 Å². The van der Waals surface area contributed by atoms with Crippen LogP contribution in [0.1, 0.15) is 89.3 Å². The first-order valence-corrected chi connectivity index (χ1v) is 16.8. The van der Waals surface area contributed by atoms with E-state index in [9.17, 15) is 4.79 Å². The van der Waals surface area contributed by atoms with Gasteiger partial charge in [0.1, 0.15) is 5.84 Å². The second-order valence-corrected chi connectivity index (χ2v) is 13.7. The minimum atomic E-state index is -0.222. The Kier molecular flexibility index (Phi) is 12.1. The number of anilines is 1. The molecule has 44 heavy (non-hydrogen) atoms. The number of carbonyl (C=O) groups excluding carboxylic acids is 1. The molecule has 1 fully saturated rings. The number of aromatic nitrogens is 1. The number of urea groups is 1. The highest BCUT2D eigenvalue weighted by atomic mass is 32.2. The Labute approximate surface area is 268 Å². The molecule has 236 valence electrons. The molecule has 2 amide bonds. The van der Waals surface area contributed by atoms with E-state index >= 15 is 0 Å². The normalized spacial score (nSPS) is 13.8. The summed E-state index contributed by atoms with van der Waals surface area (Å²) in [7, 11) is 1.68. The number of amides is 2. The van der Waals surface area contributed by atoms with Crippen LogP contribution in [0.25, 0.3) is 11.3 Å². The van der Waals surface area contributed by atoms with Gasteiger partial charge in [-0.05, 0) is 78.8 Å². The van der Waals surface area contributed by atoms with Crippen molar-refractivity contribution in [3.63, 3.8) is 0 Å². The van der Waals surface area contributed by atoms with Gasteiger partial charge in [0.2, 0.25) is 0 Å². The number of pyridine rings is 1.